The van der Waals surface area contributed by atoms with E-state index in [1.807, 2.05) is 0 Å². The Morgan fingerprint density at radius 3 is 2.36 bits per heavy atom. The van der Waals surface area contributed by atoms with E-state index in [-0.39, 0.29) is 0 Å². The highest BCUT2D eigenvalue weighted by atomic mass is 15.2. The minimum absolute atomic E-state index is 0.405. The van der Waals surface area contributed by atoms with Gasteiger partial charge in [0.1, 0.15) is 0 Å². The van der Waals surface area contributed by atoms with Crippen LogP contribution in [0.3, 0.4) is 0 Å². The maximum atomic E-state index is 3.43. The molecule has 0 aliphatic carbocycles. The van der Waals surface area contributed by atoms with Gasteiger partial charge in [-0.05, 0) is 12.5 Å². The molecule has 1 rings (SSSR count). The molecule has 0 spiro atoms. The summed E-state index contributed by atoms with van der Waals surface area (Å²) in [5.74, 6) is 0. The Morgan fingerprint density at radius 1 is 1.36 bits per heavy atom. The number of rotatable bonds is 0. The Hall–Kier alpha value is -0.0800. The Balaban J connectivity index is 2.55. The third kappa shape index (κ3) is 2.17. The molecule has 1 aliphatic rings. The van der Waals surface area contributed by atoms with E-state index in [1.54, 1.807) is 0 Å². The van der Waals surface area contributed by atoms with Crippen LogP contribution in [0.15, 0.2) is 0 Å². The van der Waals surface area contributed by atoms with E-state index in [0.717, 1.165) is 13.1 Å². The van der Waals surface area contributed by atoms with Crippen LogP contribution in [0.25, 0.3) is 0 Å². The van der Waals surface area contributed by atoms with Gasteiger partial charge in [-0.2, -0.15) is 0 Å². The van der Waals surface area contributed by atoms with Crippen LogP contribution in [0.2, 0.25) is 0 Å². The van der Waals surface area contributed by atoms with Gasteiger partial charge in [-0.3, -0.25) is 0 Å². The van der Waals surface area contributed by atoms with Crippen molar-refractivity contribution in [3.05, 3.63) is 0 Å². The summed E-state index contributed by atoms with van der Waals surface area (Å²) in [6.07, 6.45) is 0. The van der Waals surface area contributed by atoms with Gasteiger partial charge < -0.3 is 10.2 Å². The largest absolute Gasteiger partial charge is 0.314 e. The third-order valence-corrected chi connectivity index (χ3v) is 2.51. The first-order valence-corrected chi connectivity index (χ1v) is 4.43. The molecule has 1 atom stereocenters. The fraction of sp³-hybridized carbons (Fsp3) is 1.00. The Labute approximate surface area is 70.0 Å². The lowest BCUT2D eigenvalue weighted by Gasteiger charge is -2.41. The molecule has 2 nitrogen and oxygen atoms in total. The lowest BCUT2D eigenvalue weighted by Crippen LogP contribution is -2.54. The first-order chi connectivity index (χ1) is 5.02. The molecule has 0 bridgehead atoms. The Morgan fingerprint density at radius 2 is 2.00 bits per heavy atom. The molecule has 0 amide bonds. The van der Waals surface area contributed by atoms with E-state index in [2.05, 4.69) is 38.0 Å². The van der Waals surface area contributed by atoms with Gasteiger partial charge in [0, 0.05) is 25.7 Å². The number of likely N-dealkylation sites (N-methyl/N-ethyl adjacent to an activating group) is 1. The van der Waals surface area contributed by atoms with Gasteiger partial charge in [0.2, 0.25) is 0 Å². The third-order valence-electron chi connectivity index (χ3n) is 2.51. The average Bonchev–Trinajstić information content (AvgIpc) is 1.86. The highest BCUT2D eigenvalue weighted by Crippen LogP contribution is 2.23. The zero-order valence-corrected chi connectivity index (χ0v) is 8.15. The lowest BCUT2D eigenvalue weighted by molar-refractivity contribution is 0.101. The minimum Gasteiger partial charge on any atom is -0.314 e. The number of piperazine rings is 1. The summed E-state index contributed by atoms with van der Waals surface area (Å²) in [4.78, 5) is 2.45. The second kappa shape index (κ2) is 3.11. The Bertz CT molecular complexity index is 126. The molecule has 1 N–H and O–H groups in total. The molecule has 1 aliphatic heterocycles. The van der Waals surface area contributed by atoms with E-state index in [9.17, 15) is 0 Å². The van der Waals surface area contributed by atoms with Gasteiger partial charge in [0.05, 0.1) is 0 Å². The fourth-order valence-electron chi connectivity index (χ4n) is 1.77. The number of hydrogen-bond acceptors (Lipinski definition) is 2. The van der Waals surface area contributed by atoms with Gasteiger partial charge in [-0.1, -0.05) is 20.8 Å². The van der Waals surface area contributed by atoms with Crippen molar-refractivity contribution in [2.75, 3.05) is 26.7 Å². The van der Waals surface area contributed by atoms with E-state index in [0.29, 0.717) is 11.5 Å². The van der Waals surface area contributed by atoms with Crippen molar-refractivity contribution < 1.29 is 0 Å². The zero-order chi connectivity index (χ0) is 8.48. The smallest absolute Gasteiger partial charge is 0.0266 e. The first kappa shape index (κ1) is 9.01. The minimum atomic E-state index is 0.405. The molecular formula is C9H20N2. The number of nitrogens with zero attached hydrogens (tertiary/aromatic N) is 1. The van der Waals surface area contributed by atoms with Crippen LogP contribution in [0.5, 0.6) is 0 Å². The van der Waals surface area contributed by atoms with Crippen LogP contribution in [0.4, 0.5) is 0 Å². The van der Waals surface area contributed by atoms with E-state index < -0.39 is 0 Å². The van der Waals surface area contributed by atoms with Crippen LogP contribution in [0.1, 0.15) is 20.8 Å². The topological polar surface area (TPSA) is 15.3 Å². The normalized spacial score (nSPS) is 28.9. The van der Waals surface area contributed by atoms with E-state index >= 15 is 0 Å². The Kier molecular flexibility index (Phi) is 2.55. The van der Waals surface area contributed by atoms with Crippen LogP contribution in [-0.4, -0.2) is 37.6 Å². The quantitative estimate of drug-likeness (QED) is 0.561. The molecule has 1 fully saturated rings. The van der Waals surface area contributed by atoms with Gasteiger partial charge in [0.25, 0.3) is 0 Å². The van der Waals surface area contributed by atoms with Crippen molar-refractivity contribution in [3.8, 4) is 0 Å². The maximum absolute atomic E-state index is 3.43. The summed E-state index contributed by atoms with van der Waals surface area (Å²) >= 11 is 0. The second-order valence-electron chi connectivity index (χ2n) is 4.57. The predicted molar refractivity (Wildman–Crippen MR) is 48.7 cm³/mol. The molecule has 1 unspecified atom stereocenters. The summed E-state index contributed by atoms with van der Waals surface area (Å²) in [5, 5.41) is 3.43. The second-order valence-corrected chi connectivity index (χ2v) is 4.57. The fourth-order valence-corrected chi connectivity index (χ4v) is 1.77. The van der Waals surface area contributed by atoms with Gasteiger partial charge in [0.15, 0.2) is 0 Å². The van der Waals surface area contributed by atoms with Crippen molar-refractivity contribution in [3.63, 3.8) is 0 Å². The summed E-state index contributed by atoms with van der Waals surface area (Å²) in [7, 11) is 2.22. The van der Waals surface area contributed by atoms with Crippen LogP contribution in [-0.2, 0) is 0 Å². The summed E-state index contributed by atoms with van der Waals surface area (Å²) < 4.78 is 0. The highest BCUT2D eigenvalue weighted by molar-refractivity contribution is 4.86. The van der Waals surface area contributed by atoms with Crippen LogP contribution in [0, 0.1) is 5.41 Å². The summed E-state index contributed by atoms with van der Waals surface area (Å²) in [6, 6.07) is 0.691. The maximum Gasteiger partial charge on any atom is 0.0266 e. The molecular weight excluding hydrogens is 136 g/mol. The van der Waals surface area contributed by atoms with Crippen molar-refractivity contribution in [2.24, 2.45) is 5.41 Å². The summed E-state index contributed by atoms with van der Waals surface area (Å²) in [5.41, 5.74) is 0.405. The molecule has 66 valence electrons. The van der Waals surface area contributed by atoms with Gasteiger partial charge in [-0.25, -0.2) is 0 Å². The standard InChI is InChI=1S/C9H20N2/c1-9(2,3)8-7-10-5-6-11(8)4/h8,10H,5-7H2,1-4H3. The SMILES string of the molecule is CN1CCNCC1C(C)(C)C. The predicted octanol–water partition coefficient (Wildman–Crippen LogP) is 0.936. The van der Waals surface area contributed by atoms with Crippen LogP contribution < -0.4 is 5.32 Å². The lowest BCUT2D eigenvalue weighted by atomic mass is 9.85. The van der Waals surface area contributed by atoms with Crippen molar-refractivity contribution in [1.29, 1.82) is 0 Å². The molecule has 0 aromatic carbocycles. The molecule has 0 aromatic heterocycles. The first-order valence-electron chi connectivity index (χ1n) is 4.43. The molecule has 11 heavy (non-hydrogen) atoms. The van der Waals surface area contributed by atoms with Crippen molar-refractivity contribution in [2.45, 2.75) is 26.8 Å². The van der Waals surface area contributed by atoms with Crippen molar-refractivity contribution >= 4 is 0 Å². The molecule has 1 saturated heterocycles. The number of hydrogen-bond donors (Lipinski definition) is 1. The highest BCUT2D eigenvalue weighted by Gasteiger charge is 2.29. The molecule has 0 saturated carbocycles. The molecule has 2 heteroatoms. The van der Waals surface area contributed by atoms with Gasteiger partial charge >= 0.3 is 0 Å². The molecule has 1 heterocycles. The molecule has 0 radical (unpaired) electrons. The van der Waals surface area contributed by atoms with E-state index in [1.165, 1.54) is 6.54 Å². The zero-order valence-electron chi connectivity index (χ0n) is 8.15. The summed E-state index contributed by atoms with van der Waals surface area (Å²) in [6.45, 7) is 10.4. The molecule has 0 aromatic rings. The van der Waals surface area contributed by atoms with Gasteiger partial charge in [-0.15, -0.1) is 0 Å². The number of nitrogens with one attached hydrogen (secondary N) is 1. The van der Waals surface area contributed by atoms with Crippen LogP contribution >= 0.6 is 0 Å². The van der Waals surface area contributed by atoms with E-state index in [4.69, 9.17) is 0 Å². The van der Waals surface area contributed by atoms with Crippen molar-refractivity contribution in [1.82, 2.24) is 10.2 Å². The monoisotopic (exact) mass is 156 g/mol. The average molecular weight is 156 g/mol.